The number of guanidine groups is 1. The van der Waals surface area contributed by atoms with Crippen LogP contribution in [0, 0.1) is 17.1 Å². The predicted octanol–water partition coefficient (Wildman–Crippen LogP) is 2.24. The number of pyridine rings is 1. The number of hydrogen-bond donors (Lipinski definition) is 4. The van der Waals surface area contributed by atoms with Gasteiger partial charge in [-0.1, -0.05) is 11.6 Å². The van der Waals surface area contributed by atoms with Crippen LogP contribution in [0.15, 0.2) is 35.6 Å². The zero-order valence-corrected chi connectivity index (χ0v) is 18.5. The molecule has 0 unspecified atom stereocenters. The molecule has 2 rings (SSSR count). The first-order chi connectivity index (χ1) is 15.1. The van der Waals surface area contributed by atoms with Gasteiger partial charge in [0.2, 0.25) is 11.9 Å². The van der Waals surface area contributed by atoms with Crippen LogP contribution in [-0.4, -0.2) is 36.5 Å². The van der Waals surface area contributed by atoms with Crippen LogP contribution in [0.4, 0.5) is 18.9 Å². The zero-order chi connectivity index (χ0) is 23.7. The first-order valence-corrected chi connectivity index (χ1v) is 9.44. The number of oxime groups is 1. The number of alkyl halides is 2. The van der Waals surface area contributed by atoms with Gasteiger partial charge in [-0.05, 0) is 29.4 Å². The Morgan fingerprint density at radius 3 is 2.64 bits per heavy atom. The summed E-state index contributed by atoms with van der Waals surface area (Å²) in [6, 6.07) is 6.47. The van der Waals surface area contributed by atoms with Gasteiger partial charge < -0.3 is 26.9 Å². The van der Waals surface area contributed by atoms with Crippen molar-refractivity contribution in [3.63, 3.8) is 0 Å². The highest BCUT2D eigenvalue weighted by molar-refractivity contribution is 6.30. The maximum atomic E-state index is 14.9. The monoisotopic (exact) mass is 505 g/mol. The highest BCUT2D eigenvalue weighted by Gasteiger charge is 2.33. The molecule has 0 aliphatic carbocycles. The molecule has 2 aromatic rings. The van der Waals surface area contributed by atoms with Crippen molar-refractivity contribution in [3.8, 4) is 6.07 Å². The second kappa shape index (κ2) is 12.6. The van der Waals surface area contributed by atoms with Crippen LogP contribution in [-0.2, 0) is 22.0 Å². The number of anilines is 1. The number of benzene rings is 1. The molecule has 1 aromatic carbocycles. The van der Waals surface area contributed by atoms with Crippen LogP contribution in [0.1, 0.15) is 16.8 Å². The third kappa shape index (κ3) is 8.21. The van der Waals surface area contributed by atoms with Gasteiger partial charge in [0.05, 0.1) is 41.9 Å². The molecular formula is C19H20Cl2F3N7O2. The van der Waals surface area contributed by atoms with E-state index in [2.05, 4.69) is 20.8 Å². The maximum absolute atomic E-state index is 14.9. The van der Waals surface area contributed by atoms with Gasteiger partial charge in [-0.15, -0.1) is 12.4 Å². The molecule has 0 radical (unpaired) electrons. The van der Waals surface area contributed by atoms with E-state index in [9.17, 15) is 23.2 Å². The number of nitrogens with zero attached hydrogens (tertiary/aromatic N) is 3. The molecule has 178 valence electrons. The Kier molecular flexibility index (Phi) is 10.5. The first-order valence-electron chi connectivity index (χ1n) is 9.07. The molecule has 6 N–H and O–H groups in total. The van der Waals surface area contributed by atoms with E-state index in [1.165, 1.54) is 12.1 Å². The average molecular weight is 506 g/mol. The molecule has 1 amide bonds. The highest BCUT2D eigenvalue weighted by Crippen LogP contribution is 2.29. The van der Waals surface area contributed by atoms with Crippen LogP contribution in [0.5, 0.6) is 0 Å². The fourth-order valence-electron chi connectivity index (χ4n) is 2.50. The first kappa shape index (κ1) is 27.6. The molecule has 1 heterocycles. The summed E-state index contributed by atoms with van der Waals surface area (Å²) in [7, 11) is 0. The lowest BCUT2D eigenvalue weighted by molar-refractivity contribution is -0.120. The Morgan fingerprint density at radius 2 is 2.03 bits per heavy atom. The maximum Gasteiger partial charge on any atom is 0.306 e. The van der Waals surface area contributed by atoms with Gasteiger partial charge in [-0.25, -0.2) is 4.39 Å². The number of hydrogen-bond acceptors (Lipinski definition) is 6. The normalized spacial score (nSPS) is 10.4. The number of carbonyl (C=O) groups is 1. The summed E-state index contributed by atoms with van der Waals surface area (Å²) >= 11 is 5.65. The summed E-state index contributed by atoms with van der Waals surface area (Å²) in [5.74, 6) is -5.34. The minimum absolute atomic E-state index is 0. The fourth-order valence-corrected chi connectivity index (χ4v) is 2.62. The smallest absolute Gasteiger partial charge is 0.306 e. The number of rotatable bonds is 10. The summed E-state index contributed by atoms with van der Waals surface area (Å²) in [4.78, 5) is 20.4. The van der Waals surface area contributed by atoms with E-state index in [4.69, 9.17) is 27.9 Å². The lowest BCUT2D eigenvalue weighted by Crippen LogP contribution is -2.30. The minimum Gasteiger partial charge on any atom is -0.391 e. The van der Waals surface area contributed by atoms with Gasteiger partial charge in [0.25, 0.3) is 0 Å². The average Bonchev–Trinajstić information content (AvgIpc) is 2.74. The summed E-state index contributed by atoms with van der Waals surface area (Å²) < 4.78 is 43.6. The van der Waals surface area contributed by atoms with E-state index in [0.717, 1.165) is 18.3 Å². The lowest BCUT2D eigenvalue weighted by atomic mass is 10.0. The largest absolute Gasteiger partial charge is 0.391 e. The van der Waals surface area contributed by atoms with E-state index in [1.807, 2.05) is 0 Å². The third-order valence-electron chi connectivity index (χ3n) is 3.99. The van der Waals surface area contributed by atoms with Crippen LogP contribution in [0.25, 0.3) is 0 Å². The van der Waals surface area contributed by atoms with E-state index in [1.54, 1.807) is 6.07 Å². The van der Waals surface area contributed by atoms with Gasteiger partial charge in [0.1, 0.15) is 12.3 Å². The molecule has 9 nitrogen and oxygen atoms in total. The molecule has 0 fully saturated rings. The number of amides is 1. The van der Waals surface area contributed by atoms with Crippen molar-refractivity contribution in [2.24, 2.45) is 16.6 Å². The van der Waals surface area contributed by atoms with Crippen LogP contribution >= 0.6 is 24.0 Å². The summed E-state index contributed by atoms with van der Waals surface area (Å²) in [5, 5.41) is 17.4. The van der Waals surface area contributed by atoms with Crippen molar-refractivity contribution in [2.45, 2.75) is 12.3 Å². The molecule has 0 aliphatic rings. The Balaban J connectivity index is 0.00000544. The van der Waals surface area contributed by atoms with E-state index in [-0.39, 0.29) is 53.4 Å². The summed E-state index contributed by atoms with van der Waals surface area (Å²) in [5.41, 5.74) is 8.95. The van der Waals surface area contributed by atoms with Crippen LogP contribution in [0.2, 0.25) is 5.02 Å². The van der Waals surface area contributed by atoms with Gasteiger partial charge in [-0.2, -0.15) is 14.0 Å². The number of nitriles is 1. The Labute approximate surface area is 198 Å². The van der Waals surface area contributed by atoms with Crippen LogP contribution < -0.4 is 22.1 Å². The topological polar surface area (TPSA) is 151 Å². The molecule has 33 heavy (non-hydrogen) atoms. The predicted molar refractivity (Wildman–Crippen MR) is 118 cm³/mol. The van der Waals surface area contributed by atoms with Crippen molar-refractivity contribution < 1.29 is 22.8 Å². The highest BCUT2D eigenvalue weighted by atomic mass is 35.5. The second-order valence-electron chi connectivity index (χ2n) is 6.36. The Hall–Kier alpha value is -3.43. The minimum atomic E-state index is -3.43. The van der Waals surface area contributed by atoms with Gasteiger partial charge in [-0.3, -0.25) is 9.78 Å². The number of nitrogens with one attached hydrogen (secondary N) is 2. The Morgan fingerprint density at radius 1 is 1.30 bits per heavy atom. The fraction of sp³-hybridized carbons (Fsp3) is 0.263. The van der Waals surface area contributed by atoms with Crippen molar-refractivity contribution >= 4 is 41.6 Å². The van der Waals surface area contributed by atoms with Gasteiger partial charge in [0, 0.05) is 11.8 Å². The summed E-state index contributed by atoms with van der Waals surface area (Å²) in [6.45, 7) is -1.01. The molecule has 0 aliphatic heterocycles. The molecule has 14 heteroatoms. The SMILES string of the molecule is Cl.N#Cc1ccc(NCC(F)(F)c2ccc(Cl)cn2)c(F)c1CC(=O)NCCON=C(N)N. The Bertz CT molecular complexity index is 1030. The third-order valence-corrected chi connectivity index (χ3v) is 4.21. The van der Waals surface area contributed by atoms with E-state index in [0.29, 0.717) is 0 Å². The van der Waals surface area contributed by atoms with Crippen LogP contribution in [0.3, 0.4) is 0 Å². The van der Waals surface area contributed by atoms with Crippen molar-refractivity contribution in [3.05, 3.63) is 58.1 Å². The lowest BCUT2D eigenvalue weighted by Gasteiger charge is -2.18. The number of halogens is 5. The second-order valence-corrected chi connectivity index (χ2v) is 6.80. The van der Waals surface area contributed by atoms with Gasteiger partial charge >= 0.3 is 5.92 Å². The standard InChI is InChI=1S/C19H19ClF3N7O2.ClH/c20-12-2-4-15(28-9-12)19(22,23)10-29-14-3-1-11(8-24)13(17(14)21)7-16(31)27-5-6-32-30-18(25)26;/h1-4,9,29H,5-7,10H2,(H,27,31)(H4,25,26,30);1H. The number of nitrogens with two attached hydrogens (primary N) is 2. The number of carbonyl (C=O) groups excluding carboxylic acids is 1. The molecule has 0 saturated heterocycles. The van der Waals surface area contributed by atoms with Gasteiger partial charge in [0.15, 0.2) is 5.82 Å². The summed E-state index contributed by atoms with van der Waals surface area (Å²) in [6.07, 6.45) is 0.577. The molecule has 0 spiro atoms. The molecule has 0 atom stereocenters. The quantitative estimate of drug-likeness (QED) is 0.167. The zero-order valence-electron chi connectivity index (χ0n) is 16.9. The van der Waals surface area contributed by atoms with E-state index < -0.39 is 36.3 Å². The van der Waals surface area contributed by atoms with Crippen molar-refractivity contribution in [2.75, 3.05) is 25.0 Å². The number of aromatic nitrogens is 1. The molecule has 1 aromatic heterocycles. The van der Waals surface area contributed by atoms with Crippen molar-refractivity contribution in [1.29, 1.82) is 5.26 Å². The van der Waals surface area contributed by atoms with E-state index >= 15 is 0 Å². The molecule has 0 bridgehead atoms. The molecular weight excluding hydrogens is 486 g/mol. The van der Waals surface area contributed by atoms with Crippen molar-refractivity contribution in [1.82, 2.24) is 10.3 Å². The molecule has 0 saturated carbocycles.